The Bertz CT molecular complexity index is 473. The molecule has 0 aliphatic heterocycles. The molecule has 1 aromatic rings. The maximum atomic E-state index is 5.63. The normalized spacial score (nSPS) is 15.0. The number of rotatable bonds is 10. The third kappa shape index (κ3) is 5.86. The maximum absolute atomic E-state index is 5.63. The lowest BCUT2D eigenvalue weighted by atomic mass is 10.1. The van der Waals surface area contributed by atoms with E-state index in [0.29, 0.717) is 6.54 Å². The zero-order chi connectivity index (χ0) is 16.5. The topological polar surface area (TPSA) is 71.7 Å². The Balaban J connectivity index is 1.66. The minimum Gasteiger partial charge on any atom is -0.381 e. The van der Waals surface area contributed by atoms with Crippen molar-refractivity contribution in [2.24, 2.45) is 10.9 Å². The molecule has 0 spiro atoms. The molecule has 1 saturated carbocycles. The molecule has 1 aromatic heterocycles. The molecule has 2 rings (SSSR count). The van der Waals surface area contributed by atoms with E-state index in [1.54, 1.807) is 7.05 Å². The smallest absolute Gasteiger partial charge is 0.191 e. The van der Waals surface area contributed by atoms with Crippen molar-refractivity contribution in [1.29, 1.82) is 0 Å². The van der Waals surface area contributed by atoms with Gasteiger partial charge in [0.1, 0.15) is 5.76 Å². The molecule has 0 atom stereocenters. The number of nitrogens with one attached hydrogen (secondary N) is 2. The van der Waals surface area contributed by atoms with Crippen LogP contribution < -0.4 is 10.6 Å². The first-order valence-corrected chi connectivity index (χ1v) is 8.77. The van der Waals surface area contributed by atoms with Crippen molar-refractivity contribution in [3.05, 3.63) is 17.0 Å². The number of nitrogens with zero attached hydrogens (tertiary/aromatic N) is 2. The van der Waals surface area contributed by atoms with Crippen LogP contribution in [0.15, 0.2) is 9.52 Å². The average molecular weight is 322 g/mol. The highest BCUT2D eigenvalue weighted by Gasteiger charge is 2.20. The van der Waals surface area contributed by atoms with Gasteiger partial charge >= 0.3 is 0 Å². The molecule has 1 heterocycles. The zero-order valence-corrected chi connectivity index (χ0v) is 14.7. The fourth-order valence-electron chi connectivity index (χ4n) is 2.45. The minimum absolute atomic E-state index is 0.688. The fraction of sp³-hybridized carbons (Fsp3) is 0.765. The summed E-state index contributed by atoms with van der Waals surface area (Å²) in [6.07, 6.45) is 5.41. The molecule has 6 nitrogen and oxygen atoms in total. The number of ether oxygens (including phenoxy) is 1. The van der Waals surface area contributed by atoms with Gasteiger partial charge in [0.15, 0.2) is 5.96 Å². The van der Waals surface area contributed by atoms with E-state index in [0.717, 1.165) is 67.9 Å². The quantitative estimate of drug-likeness (QED) is 0.393. The summed E-state index contributed by atoms with van der Waals surface area (Å²) < 4.78 is 11.0. The molecule has 0 aromatic carbocycles. The van der Waals surface area contributed by atoms with Crippen molar-refractivity contribution in [3.63, 3.8) is 0 Å². The average Bonchev–Trinajstić information content (AvgIpc) is 3.31. The molecule has 1 aliphatic carbocycles. The molecule has 0 radical (unpaired) electrons. The number of aryl methyl sites for hydroxylation is 2. The predicted molar refractivity (Wildman–Crippen MR) is 91.6 cm³/mol. The Morgan fingerprint density at radius 1 is 1.30 bits per heavy atom. The predicted octanol–water partition coefficient (Wildman–Crippen LogP) is 2.28. The largest absolute Gasteiger partial charge is 0.381 e. The molecule has 23 heavy (non-hydrogen) atoms. The van der Waals surface area contributed by atoms with E-state index >= 15 is 0 Å². The van der Waals surface area contributed by atoms with Crippen LogP contribution in [0.4, 0.5) is 0 Å². The Kier molecular flexibility index (Phi) is 7.39. The summed E-state index contributed by atoms with van der Waals surface area (Å²) in [6.45, 7) is 7.46. The van der Waals surface area contributed by atoms with Gasteiger partial charge in [-0.05, 0) is 31.6 Å². The van der Waals surface area contributed by atoms with Gasteiger partial charge in [-0.3, -0.25) is 4.99 Å². The third-order valence-corrected chi connectivity index (χ3v) is 4.07. The van der Waals surface area contributed by atoms with Crippen LogP contribution in [-0.4, -0.2) is 37.9 Å². The first-order chi connectivity index (χ1) is 11.3. The van der Waals surface area contributed by atoms with Gasteiger partial charge in [-0.25, -0.2) is 0 Å². The summed E-state index contributed by atoms with van der Waals surface area (Å²) in [6, 6.07) is 0. The maximum Gasteiger partial charge on any atom is 0.191 e. The highest BCUT2D eigenvalue weighted by Crippen LogP contribution is 2.28. The van der Waals surface area contributed by atoms with Gasteiger partial charge in [0.25, 0.3) is 0 Å². The summed E-state index contributed by atoms with van der Waals surface area (Å²) in [5.41, 5.74) is 2.18. The van der Waals surface area contributed by atoms with Crippen molar-refractivity contribution in [2.75, 3.05) is 26.8 Å². The van der Waals surface area contributed by atoms with E-state index < -0.39 is 0 Å². The molecular weight excluding hydrogens is 292 g/mol. The summed E-state index contributed by atoms with van der Waals surface area (Å²) >= 11 is 0. The van der Waals surface area contributed by atoms with Gasteiger partial charge in [-0.15, -0.1) is 0 Å². The lowest BCUT2D eigenvalue weighted by molar-refractivity contribution is 0.123. The van der Waals surface area contributed by atoms with Crippen LogP contribution in [0.1, 0.15) is 50.1 Å². The van der Waals surface area contributed by atoms with Crippen LogP contribution in [0, 0.1) is 5.92 Å². The van der Waals surface area contributed by atoms with E-state index in [1.165, 1.54) is 12.8 Å². The SMILES string of the molecule is CCc1noc(CC)c1CNC(=NC)NCCCOCC1CC1. The molecular formula is C17H30N4O2. The van der Waals surface area contributed by atoms with Gasteiger partial charge in [0.2, 0.25) is 0 Å². The third-order valence-electron chi connectivity index (χ3n) is 4.07. The molecule has 1 aliphatic rings. The van der Waals surface area contributed by atoms with E-state index in [9.17, 15) is 0 Å². The number of aromatic nitrogens is 1. The van der Waals surface area contributed by atoms with Crippen LogP contribution in [-0.2, 0) is 24.1 Å². The highest BCUT2D eigenvalue weighted by molar-refractivity contribution is 5.79. The minimum atomic E-state index is 0.688. The number of guanidine groups is 1. The van der Waals surface area contributed by atoms with Crippen molar-refractivity contribution < 1.29 is 9.26 Å². The Morgan fingerprint density at radius 3 is 2.78 bits per heavy atom. The Hall–Kier alpha value is -1.56. The van der Waals surface area contributed by atoms with E-state index in [-0.39, 0.29) is 0 Å². The standard InChI is InChI=1S/C17H30N4O2/c1-4-15-14(16(5-2)23-21-15)11-20-17(18-3)19-9-6-10-22-12-13-7-8-13/h13H,4-12H2,1-3H3,(H2,18,19,20). The number of hydrogen-bond acceptors (Lipinski definition) is 4. The van der Waals surface area contributed by atoms with Crippen molar-refractivity contribution in [2.45, 2.75) is 52.5 Å². The molecule has 6 heteroatoms. The summed E-state index contributed by atoms with van der Waals surface area (Å²) in [5.74, 6) is 2.59. The second kappa shape index (κ2) is 9.55. The second-order valence-corrected chi connectivity index (χ2v) is 5.96. The van der Waals surface area contributed by atoms with Gasteiger partial charge in [0.05, 0.1) is 5.69 Å². The molecule has 130 valence electrons. The molecule has 1 fully saturated rings. The molecule has 0 amide bonds. The van der Waals surface area contributed by atoms with Crippen molar-refractivity contribution >= 4 is 5.96 Å². The highest BCUT2D eigenvalue weighted by atomic mass is 16.5. The number of hydrogen-bond donors (Lipinski definition) is 2. The number of aliphatic imine (C=N–C) groups is 1. The van der Waals surface area contributed by atoms with E-state index in [4.69, 9.17) is 9.26 Å². The summed E-state index contributed by atoms with van der Waals surface area (Å²) in [5, 5.41) is 10.8. The molecule has 0 bridgehead atoms. The van der Waals surface area contributed by atoms with Crippen LogP contribution in [0.25, 0.3) is 0 Å². The van der Waals surface area contributed by atoms with Gasteiger partial charge < -0.3 is 19.9 Å². The van der Waals surface area contributed by atoms with Crippen molar-refractivity contribution in [1.82, 2.24) is 15.8 Å². The van der Waals surface area contributed by atoms with Crippen molar-refractivity contribution in [3.8, 4) is 0 Å². The van der Waals surface area contributed by atoms with Crippen LogP contribution in [0.5, 0.6) is 0 Å². The molecule has 0 unspecified atom stereocenters. The first-order valence-electron chi connectivity index (χ1n) is 8.77. The van der Waals surface area contributed by atoms with Gasteiger partial charge in [-0.1, -0.05) is 19.0 Å². The van der Waals surface area contributed by atoms with E-state index in [1.807, 2.05) is 0 Å². The zero-order valence-electron chi connectivity index (χ0n) is 14.7. The Morgan fingerprint density at radius 2 is 2.13 bits per heavy atom. The Labute approximate surface area is 139 Å². The van der Waals surface area contributed by atoms with Gasteiger partial charge in [-0.2, -0.15) is 0 Å². The summed E-state index contributed by atoms with van der Waals surface area (Å²) in [7, 11) is 1.79. The fourth-order valence-corrected chi connectivity index (χ4v) is 2.45. The lowest BCUT2D eigenvalue weighted by Crippen LogP contribution is -2.37. The second-order valence-electron chi connectivity index (χ2n) is 5.96. The van der Waals surface area contributed by atoms with Crippen LogP contribution in [0.2, 0.25) is 0 Å². The monoisotopic (exact) mass is 322 g/mol. The van der Waals surface area contributed by atoms with Crippen LogP contribution >= 0.6 is 0 Å². The summed E-state index contributed by atoms with van der Waals surface area (Å²) in [4.78, 5) is 4.26. The van der Waals surface area contributed by atoms with Gasteiger partial charge in [0, 0.05) is 45.3 Å². The lowest BCUT2D eigenvalue weighted by Gasteiger charge is -2.12. The first kappa shape index (κ1) is 17.8. The van der Waals surface area contributed by atoms with Crippen LogP contribution in [0.3, 0.4) is 0 Å². The van der Waals surface area contributed by atoms with E-state index in [2.05, 4.69) is 34.6 Å². The molecule has 2 N–H and O–H groups in total. The molecule has 0 saturated heterocycles.